The van der Waals surface area contributed by atoms with Crippen LogP contribution in [-0.2, 0) is 4.79 Å². The summed E-state index contributed by atoms with van der Waals surface area (Å²) in [5.41, 5.74) is 2.28. The standard InChI is InChI=1S/C21H20O3/c1-2-8-15(22)13-18(14-9-4-3-5-10-14)19-20(23)16-11-6-7-12-17(16)21(19)24/h3-7,9-12,18,23H,2,8,13H2,1H3/t18-/m0/s1. The van der Waals surface area contributed by atoms with Crippen LogP contribution in [0, 0.1) is 0 Å². The summed E-state index contributed by atoms with van der Waals surface area (Å²) in [7, 11) is 0. The summed E-state index contributed by atoms with van der Waals surface area (Å²) < 4.78 is 0. The molecular formula is C21H20O3. The van der Waals surface area contributed by atoms with Gasteiger partial charge in [-0.25, -0.2) is 0 Å². The Labute approximate surface area is 141 Å². The highest BCUT2D eigenvalue weighted by atomic mass is 16.3. The molecule has 0 saturated carbocycles. The molecule has 122 valence electrons. The van der Waals surface area contributed by atoms with Crippen LogP contribution in [0.1, 0.15) is 53.6 Å². The SMILES string of the molecule is CCCC(=O)C[C@H](C1=C(O)c2ccccc2C1=O)c1ccccc1. The molecule has 0 heterocycles. The monoisotopic (exact) mass is 320 g/mol. The lowest BCUT2D eigenvalue weighted by Gasteiger charge is -2.18. The van der Waals surface area contributed by atoms with Gasteiger partial charge in [-0.05, 0) is 12.0 Å². The van der Waals surface area contributed by atoms with Crippen LogP contribution >= 0.6 is 0 Å². The van der Waals surface area contributed by atoms with Crippen molar-refractivity contribution < 1.29 is 14.7 Å². The van der Waals surface area contributed by atoms with E-state index in [1.54, 1.807) is 24.3 Å². The average Bonchev–Trinajstić information content (AvgIpc) is 2.86. The minimum absolute atomic E-state index is 0.00810. The molecule has 3 rings (SSSR count). The molecule has 0 fully saturated rings. The number of fused-ring (bicyclic) bond motifs is 1. The molecule has 3 heteroatoms. The van der Waals surface area contributed by atoms with Crippen molar-refractivity contribution in [1.82, 2.24) is 0 Å². The van der Waals surface area contributed by atoms with Crippen molar-refractivity contribution >= 4 is 17.3 Å². The Hall–Kier alpha value is -2.68. The first-order valence-corrected chi connectivity index (χ1v) is 8.27. The van der Waals surface area contributed by atoms with Gasteiger partial charge in [0.2, 0.25) is 0 Å². The number of hydrogen-bond donors (Lipinski definition) is 1. The zero-order chi connectivity index (χ0) is 17.1. The first-order chi connectivity index (χ1) is 11.6. The van der Waals surface area contributed by atoms with E-state index in [2.05, 4.69) is 0 Å². The van der Waals surface area contributed by atoms with Gasteiger partial charge in [-0.15, -0.1) is 0 Å². The molecule has 1 N–H and O–H groups in total. The first kappa shape index (κ1) is 16.2. The van der Waals surface area contributed by atoms with Crippen molar-refractivity contribution in [2.45, 2.75) is 32.1 Å². The summed E-state index contributed by atoms with van der Waals surface area (Å²) in [6.45, 7) is 1.96. The third-order valence-electron chi connectivity index (χ3n) is 4.44. The maximum Gasteiger partial charge on any atom is 0.194 e. The van der Waals surface area contributed by atoms with Crippen LogP contribution < -0.4 is 0 Å². The highest BCUT2D eigenvalue weighted by Crippen LogP contribution is 2.40. The summed E-state index contributed by atoms with van der Waals surface area (Å²) >= 11 is 0. The van der Waals surface area contributed by atoms with Crippen molar-refractivity contribution in [3.05, 3.63) is 76.9 Å². The number of carbonyl (C=O) groups excluding carboxylic acids is 2. The van der Waals surface area contributed by atoms with Gasteiger partial charge < -0.3 is 5.11 Å². The lowest BCUT2D eigenvalue weighted by molar-refractivity contribution is -0.119. The summed E-state index contributed by atoms with van der Waals surface area (Å²) in [5, 5.41) is 10.6. The zero-order valence-corrected chi connectivity index (χ0v) is 13.7. The molecule has 1 aliphatic carbocycles. The molecule has 3 nitrogen and oxygen atoms in total. The molecule has 2 aromatic carbocycles. The van der Waals surface area contributed by atoms with Gasteiger partial charge in [0.15, 0.2) is 5.78 Å². The average molecular weight is 320 g/mol. The van der Waals surface area contributed by atoms with E-state index < -0.39 is 5.92 Å². The molecule has 1 aliphatic rings. The number of rotatable bonds is 6. The van der Waals surface area contributed by atoms with E-state index in [0.29, 0.717) is 23.1 Å². The maximum absolute atomic E-state index is 12.8. The van der Waals surface area contributed by atoms with Gasteiger partial charge in [-0.3, -0.25) is 9.59 Å². The fraction of sp³-hybridized carbons (Fsp3) is 0.238. The largest absolute Gasteiger partial charge is 0.507 e. The maximum atomic E-state index is 12.8. The Bertz CT molecular complexity index is 803. The second-order valence-corrected chi connectivity index (χ2v) is 6.09. The summed E-state index contributed by atoms with van der Waals surface area (Å²) in [6, 6.07) is 16.5. The number of benzene rings is 2. The van der Waals surface area contributed by atoms with Crippen LogP contribution in [0.5, 0.6) is 0 Å². The normalized spacial score (nSPS) is 14.6. The van der Waals surface area contributed by atoms with Gasteiger partial charge in [0.25, 0.3) is 0 Å². The zero-order valence-electron chi connectivity index (χ0n) is 13.7. The van der Waals surface area contributed by atoms with E-state index in [-0.39, 0.29) is 23.7 Å². The highest BCUT2D eigenvalue weighted by molar-refractivity contribution is 6.20. The fourth-order valence-electron chi connectivity index (χ4n) is 3.29. The van der Waals surface area contributed by atoms with Crippen molar-refractivity contribution in [3.63, 3.8) is 0 Å². The van der Waals surface area contributed by atoms with Crippen molar-refractivity contribution in [2.75, 3.05) is 0 Å². The second-order valence-electron chi connectivity index (χ2n) is 6.09. The van der Waals surface area contributed by atoms with E-state index in [4.69, 9.17) is 0 Å². The van der Waals surface area contributed by atoms with Gasteiger partial charge in [0, 0.05) is 29.9 Å². The minimum atomic E-state index is -0.412. The fourth-order valence-corrected chi connectivity index (χ4v) is 3.29. The molecule has 1 atom stereocenters. The third kappa shape index (κ3) is 2.90. The lowest BCUT2D eigenvalue weighted by atomic mass is 9.84. The number of hydrogen-bond acceptors (Lipinski definition) is 3. The number of Topliss-reactive ketones (excluding diaryl/α,β-unsaturated/α-hetero) is 2. The van der Waals surface area contributed by atoms with Gasteiger partial charge in [-0.1, -0.05) is 61.5 Å². The predicted molar refractivity (Wildman–Crippen MR) is 94.0 cm³/mol. The van der Waals surface area contributed by atoms with Crippen LogP contribution in [0.25, 0.3) is 5.76 Å². The second kappa shape index (κ2) is 6.83. The summed E-state index contributed by atoms with van der Waals surface area (Å²) in [4.78, 5) is 25.1. The summed E-state index contributed by atoms with van der Waals surface area (Å²) in [5.74, 6) is -0.476. The van der Waals surface area contributed by atoms with Crippen molar-refractivity contribution in [1.29, 1.82) is 0 Å². The molecular weight excluding hydrogens is 300 g/mol. The third-order valence-corrected chi connectivity index (χ3v) is 4.44. The topological polar surface area (TPSA) is 54.4 Å². The molecule has 0 spiro atoms. The molecule has 0 amide bonds. The predicted octanol–water partition coefficient (Wildman–Crippen LogP) is 4.70. The van der Waals surface area contributed by atoms with Crippen LogP contribution in [0.3, 0.4) is 0 Å². The van der Waals surface area contributed by atoms with E-state index in [1.165, 1.54) is 0 Å². The van der Waals surface area contributed by atoms with Crippen LogP contribution in [-0.4, -0.2) is 16.7 Å². The molecule has 0 aromatic heterocycles. The van der Waals surface area contributed by atoms with E-state index in [9.17, 15) is 14.7 Å². The highest BCUT2D eigenvalue weighted by Gasteiger charge is 2.35. The van der Waals surface area contributed by atoms with E-state index >= 15 is 0 Å². The molecule has 0 aliphatic heterocycles. The smallest absolute Gasteiger partial charge is 0.194 e. The van der Waals surface area contributed by atoms with Crippen LogP contribution in [0.4, 0.5) is 0 Å². The van der Waals surface area contributed by atoms with Crippen molar-refractivity contribution in [3.8, 4) is 0 Å². The Kier molecular flexibility index (Phi) is 4.61. The lowest BCUT2D eigenvalue weighted by Crippen LogP contribution is -2.14. The number of aliphatic hydroxyl groups is 1. The molecule has 0 radical (unpaired) electrons. The Morgan fingerprint density at radius 1 is 1.00 bits per heavy atom. The van der Waals surface area contributed by atoms with E-state index in [0.717, 1.165) is 12.0 Å². The molecule has 0 bridgehead atoms. The van der Waals surface area contributed by atoms with Crippen LogP contribution in [0.2, 0.25) is 0 Å². The Morgan fingerprint density at radius 3 is 2.25 bits per heavy atom. The number of carbonyl (C=O) groups is 2. The number of ketones is 2. The molecule has 0 unspecified atom stereocenters. The van der Waals surface area contributed by atoms with Gasteiger partial charge in [-0.2, -0.15) is 0 Å². The van der Waals surface area contributed by atoms with E-state index in [1.807, 2.05) is 37.3 Å². The number of aliphatic hydroxyl groups excluding tert-OH is 1. The first-order valence-electron chi connectivity index (χ1n) is 8.27. The quantitative estimate of drug-likeness (QED) is 0.839. The van der Waals surface area contributed by atoms with Gasteiger partial charge in [0.1, 0.15) is 11.5 Å². The molecule has 0 saturated heterocycles. The molecule has 24 heavy (non-hydrogen) atoms. The van der Waals surface area contributed by atoms with Crippen LogP contribution in [0.15, 0.2) is 60.2 Å². The number of allylic oxidation sites excluding steroid dienone is 1. The molecule has 2 aromatic rings. The van der Waals surface area contributed by atoms with Gasteiger partial charge in [0.05, 0.1) is 5.57 Å². The van der Waals surface area contributed by atoms with Crippen molar-refractivity contribution in [2.24, 2.45) is 0 Å². The Morgan fingerprint density at radius 2 is 1.62 bits per heavy atom. The summed E-state index contributed by atoms with van der Waals surface area (Å²) in [6.07, 6.45) is 1.50. The minimum Gasteiger partial charge on any atom is -0.507 e. The van der Waals surface area contributed by atoms with Gasteiger partial charge >= 0.3 is 0 Å². The Balaban J connectivity index is 2.05.